The highest BCUT2D eigenvalue weighted by atomic mass is 16.2. The van der Waals surface area contributed by atoms with Gasteiger partial charge in [0.05, 0.1) is 0 Å². The molecule has 1 unspecified atom stereocenters. The van der Waals surface area contributed by atoms with Crippen LogP contribution in [0.25, 0.3) is 0 Å². The predicted octanol–water partition coefficient (Wildman–Crippen LogP) is 2.52. The fraction of sp³-hybridized carbons (Fsp3) is 0.562. The number of carbonyl (C=O) groups is 1. The van der Waals surface area contributed by atoms with Gasteiger partial charge in [0.15, 0.2) is 0 Å². The molecular weight excluding hydrogens is 236 g/mol. The smallest absolute Gasteiger partial charge is 0.247 e. The van der Waals surface area contributed by atoms with E-state index in [4.69, 9.17) is 0 Å². The second-order valence-corrected chi connectivity index (χ2v) is 6.53. The summed E-state index contributed by atoms with van der Waals surface area (Å²) >= 11 is 0. The Bertz CT molecular complexity index is 467. The molecule has 1 aliphatic heterocycles. The fourth-order valence-electron chi connectivity index (χ4n) is 2.94. The number of rotatable bonds is 2. The van der Waals surface area contributed by atoms with Crippen LogP contribution in [0.4, 0.5) is 0 Å². The topological polar surface area (TPSA) is 32.3 Å². The van der Waals surface area contributed by atoms with Gasteiger partial charge < -0.3 is 4.90 Å². The summed E-state index contributed by atoms with van der Waals surface area (Å²) < 4.78 is 0. The highest BCUT2D eigenvalue weighted by Gasteiger charge is 2.47. The number of piperazine rings is 1. The average molecular weight is 260 g/mol. The van der Waals surface area contributed by atoms with E-state index < -0.39 is 5.54 Å². The summed E-state index contributed by atoms with van der Waals surface area (Å²) in [7, 11) is 0. The van der Waals surface area contributed by atoms with E-state index in [1.54, 1.807) is 0 Å². The maximum Gasteiger partial charge on any atom is 0.247 e. The maximum absolute atomic E-state index is 12.8. The molecule has 1 aromatic carbocycles. The van der Waals surface area contributed by atoms with Crippen molar-refractivity contribution in [2.75, 3.05) is 6.54 Å². The molecule has 1 saturated heterocycles. The van der Waals surface area contributed by atoms with Gasteiger partial charge in [-0.3, -0.25) is 10.1 Å². The van der Waals surface area contributed by atoms with Gasteiger partial charge in [0.25, 0.3) is 0 Å². The lowest BCUT2D eigenvalue weighted by Gasteiger charge is -2.50. The normalized spacial score (nSPS) is 26.8. The van der Waals surface area contributed by atoms with E-state index in [0.717, 1.165) is 12.1 Å². The third kappa shape index (κ3) is 2.52. The molecule has 1 fully saturated rings. The van der Waals surface area contributed by atoms with Crippen LogP contribution in [-0.4, -0.2) is 28.9 Å². The Labute approximate surface area is 116 Å². The van der Waals surface area contributed by atoms with Crippen molar-refractivity contribution in [1.29, 1.82) is 0 Å². The van der Waals surface area contributed by atoms with Crippen molar-refractivity contribution in [3.05, 3.63) is 35.9 Å². The second-order valence-electron chi connectivity index (χ2n) is 6.53. The van der Waals surface area contributed by atoms with Crippen molar-refractivity contribution in [3.8, 4) is 0 Å². The highest BCUT2D eigenvalue weighted by molar-refractivity contribution is 5.88. The molecule has 0 saturated carbocycles. The molecular formula is C16H24N2O. The standard InChI is InChI=1S/C16H24N2O/c1-12(2)18-11-15(3,4)17-16(5,14(18)19)13-9-7-6-8-10-13/h6-10,12,17H,11H2,1-5H3. The summed E-state index contributed by atoms with van der Waals surface area (Å²) in [6, 6.07) is 10.2. The minimum absolute atomic E-state index is 0.0945. The Balaban J connectivity index is 2.46. The lowest BCUT2D eigenvalue weighted by Crippen LogP contribution is -2.70. The van der Waals surface area contributed by atoms with E-state index >= 15 is 0 Å². The number of hydrogen-bond acceptors (Lipinski definition) is 2. The molecule has 1 atom stereocenters. The lowest BCUT2D eigenvalue weighted by atomic mass is 9.83. The van der Waals surface area contributed by atoms with Crippen LogP contribution in [0.5, 0.6) is 0 Å². The van der Waals surface area contributed by atoms with Gasteiger partial charge >= 0.3 is 0 Å². The first-order valence-electron chi connectivity index (χ1n) is 6.92. The summed E-state index contributed by atoms with van der Waals surface area (Å²) in [6.45, 7) is 11.2. The predicted molar refractivity (Wildman–Crippen MR) is 77.9 cm³/mol. The number of amides is 1. The lowest BCUT2D eigenvalue weighted by molar-refractivity contribution is -0.147. The molecule has 0 bridgehead atoms. The van der Waals surface area contributed by atoms with Crippen molar-refractivity contribution in [2.45, 2.75) is 51.7 Å². The van der Waals surface area contributed by atoms with Gasteiger partial charge in [0, 0.05) is 18.1 Å². The van der Waals surface area contributed by atoms with Gasteiger partial charge in [-0.25, -0.2) is 0 Å². The second kappa shape index (κ2) is 4.64. The van der Waals surface area contributed by atoms with E-state index in [9.17, 15) is 4.79 Å². The van der Waals surface area contributed by atoms with Crippen LogP contribution in [0.2, 0.25) is 0 Å². The largest absolute Gasteiger partial charge is 0.337 e. The quantitative estimate of drug-likeness (QED) is 0.886. The monoisotopic (exact) mass is 260 g/mol. The molecule has 1 aromatic rings. The fourth-order valence-corrected chi connectivity index (χ4v) is 2.94. The molecule has 0 aliphatic carbocycles. The molecule has 0 aromatic heterocycles. The summed E-state index contributed by atoms with van der Waals surface area (Å²) in [4.78, 5) is 14.8. The number of nitrogens with one attached hydrogen (secondary N) is 1. The Morgan fingerprint density at radius 3 is 2.26 bits per heavy atom. The molecule has 3 heteroatoms. The van der Waals surface area contributed by atoms with Crippen molar-refractivity contribution in [3.63, 3.8) is 0 Å². The highest BCUT2D eigenvalue weighted by Crippen LogP contribution is 2.32. The van der Waals surface area contributed by atoms with Crippen LogP contribution in [0.1, 0.15) is 40.2 Å². The Morgan fingerprint density at radius 1 is 1.16 bits per heavy atom. The third-order valence-corrected chi connectivity index (χ3v) is 3.82. The number of hydrogen-bond donors (Lipinski definition) is 1. The molecule has 0 radical (unpaired) electrons. The van der Waals surface area contributed by atoms with Crippen molar-refractivity contribution in [1.82, 2.24) is 10.2 Å². The minimum atomic E-state index is -0.646. The third-order valence-electron chi connectivity index (χ3n) is 3.82. The zero-order valence-electron chi connectivity index (χ0n) is 12.5. The summed E-state index contributed by atoms with van der Waals surface area (Å²) in [6.07, 6.45) is 0. The molecule has 19 heavy (non-hydrogen) atoms. The Hall–Kier alpha value is -1.35. The SMILES string of the molecule is CC(C)N1CC(C)(C)NC(C)(c2ccccc2)C1=O. The first-order valence-corrected chi connectivity index (χ1v) is 6.92. The number of benzene rings is 1. The van der Waals surface area contributed by atoms with E-state index in [0.29, 0.717) is 0 Å². The van der Waals surface area contributed by atoms with Gasteiger partial charge in [-0.2, -0.15) is 0 Å². The first-order chi connectivity index (χ1) is 8.76. The van der Waals surface area contributed by atoms with Gasteiger partial charge in [0.2, 0.25) is 5.91 Å². The zero-order valence-corrected chi connectivity index (χ0v) is 12.5. The number of nitrogens with zero attached hydrogens (tertiary/aromatic N) is 1. The van der Waals surface area contributed by atoms with E-state index in [2.05, 4.69) is 33.0 Å². The van der Waals surface area contributed by atoms with Crippen molar-refractivity contribution >= 4 is 5.91 Å². The molecule has 1 N–H and O–H groups in total. The molecule has 0 spiro atoms. The van der Waals surface area contributed by atoms with E-state index in [1.807, 2.05) is 42.2 Å². The molecule has 1 amide bonds. The van der Waals surface area contributed by atoms with Crippen LogP contribution in [0, 0.1) is 0 Å². The van der Waals surface area contributed by atoms with Crippen molar-refractivity contribution < 1.29 is 4.79 Å². The van der Waals surface area contributed by atoms with Crippen LogP contribution in [0.15, 0.2) is 30.3 Å². The van der Waals surface area contributed by atoms with Gasteiger partial charge in [-0.15, -0.1) is 0 Å². The molecule has 2 rings (SSSR count). The van der Waals surface area contributed by atoms with Gasteiger partial charge in [-0.05, 0) is 40.2 Å². The molecule has 104 valence electrons. The van der Waals surface area contributed by atoms with Gasteiger partial charge in [-0.1, -0.05) is 30.3 Å². The van der Waals surface area contributed by atoms with E-state index in [1.165, 1.54) is 0 Å². The van der Waals surface area contributed by atoms with Crippen molar-refractivity contribution in [2.24, 2.45) is 0 Å². The Morgan fingerprint density at radius 2 is 1.74 bits per heavy atom. The minimum Gasteiger partial charge on any atom is -0.337 e. The van der Waals surface area contributed by atoms with Crippen LogP contribution < -0.4 is 5.32 Å². The summed E-state index contributed by atoms with van der Waals surface area (Å²) in [5.41, 5.74) is 0.286. The molecule has 1 heterocycles. The average Bonchev–Trinajstić information content (AvgIpc) is 2.34. The van der Waals surface area contributed by atoms with Crippen LogP contribution >= 0.6 is 0 Å². The molecule has 3 nitrogen and oxygen atoms in total. The van der Waals surface area contributed by atoms with Crippen LogP contribution in [-0.2, 0) is 10.3 Å². The van der Waals surface area contributed by atoms with Gasteiger partial charge in [0.1, 0.15) is 5.54 Å². The summed E-state index contributed by atoms with van der Waals surface area (Å²) in [5, 5.41) is 3.53. The number of carbonyl (C=O) groups excluding carboxylic acids is 1. The maximum atomic E-state index is 12.8. The Kier molecular flexibility index (Phi) is 3.43. The summed E-state index contributed by atoms with van der Waals surface area (Å²) in [5.74, 6) is 0.160. The molecule has 1 aliphatic rings. The zero-order chi connectivity index (χ0) is 14.3. The first kappa shape index (κ1) is 14.1. The van der Waals surface area contributed by atoms with E-state index in [-0.39, 0.29) is 17.5 Å². The van der Waals surface area contributed by atoms with Crippen LogP contribution in [0.3, 0.4) is 0 Å².